The van der Waals surface area contributed by atoms with Crippen LogP contribution in [0.5, 0.6) is 0 Å². The lowest BCUT2D eigenvalue weighted by atomic mass is 10.1. The molecular formula is C12H22F2N2O. The molecule has 2 heterocycles. The van der Waals surface area contributed by atoms with Gasteiger partial charge in [-0.3, -0.25) is 4.90 Å². The van der Waals surface area contributed by atoms with Crippen LogP contribution in [0.3, 0.4) is 0 Å². The minimum Gasteiger partial charge on any atom is -0.378 e. The van der Waals surface area contributed by atoms with Crippen molar-refractivity contribution in [1.82, 2.24) is 10.2 Å². The zero-order valence-corrected chi connectivity index (χ0v) is 10.6. The van der Waals surface area contributed by atoms with Crippen molar-refractivity contribution < 1.29 is 13.5 Å². The fourth-order valence-electron chi connectivity index (χ4n) is 2.61. The van der Waals surface area contributed by atoms with Gasteiger partial charge in [0.1, 0.15) is 0 Å². The zero-order valence-electron chi connectivity index (χ0n) is 10.6. The van der Waals surface area contributed by atoms with Gasteiger partial charge in [0.25, 0.3) is 5.92 Å². The molecule has 0 bridgehead atoms. The SMILES string of the molecule is CC(C)N(CCC1NCCC1(F)F)C1COC1. The van der Waals surface area contributed by atoms with Crippen LogP contribution >= 0.6 is 0 Å². The molecule has 1 atom stereocenters. The van der Waals surface area contributed by atoms with Crippen molar-refractivity contribution in [2.75, 3.05) is 26.3 Å². The quantitative estimate of drug-likeness (QED) is 0.797. The largest absolute Gasteiger partial charge is 0.378 e. The predicted molar refractivity (Wildman–Crippen MR) is 62.4 cm³/mol. The van der Waals surface area contributed by atoms with Crippen LogP contribution in [0.2, 0.25) is 0 Å². The molecule has 0 aromatic rings. The van der Waals surface area contributed by atoms with E-state index >= 15 is 0 Å². The van der Waals surface area contributed by atoms with E-state index in [1.807, 2.05) is 0 Å². The second kappa shape index (κ2) is 5.16. The maximum atomic E-state index is 13.5. The molecule has 0 radical (unpaired) electrons. The van der Waals surface area contributed by atoms with E-state index in [0.29, 0.717) is 25.0 Å². The van der Waals surface area contributed by atoms with Gasteiger partial charge in [0.2, 0.25) is 0 Å². The lowest BCUT2D eigenvalue weighted by molar-refractivity contribution is -0.0798. The first-order valence-electron chi connectivity index (χ1n) is 6.45. The molecule has 1 unspecified atom stereocenters. The van der Waals surface area contributed by atoms with Crippen molar-refractivity contribution in [3.63, 3.8) is 0 Å². The van der Waals surface area contributed by atoms with Gasteiger partial charge in [0.15, 0.2) is 0 Å². The summed E-state index contributed by atoms with van der Waals surface area (Å²) in [6.07, 6.45) is 0.494. The smallest absolute Gasteiger partial charge is 0.264 e. The Morgan fingerprint density at radius 2 is 2.12 bits per heavy atom. The monoisotopic (exact) mass is 248 g/mol. The Morgan fingerprint density at radius 3 is 2.53 bits per heavy atom. The van der Waals surface area contributed by atoms with Crippen LogP contribution in [0.4, 0.5) is 8.78 Å². The van der Waals surface area contributed by atoms with E-state index in [0.717, 1.165) is 19.8 Å². The van der Waals surface area contributed by atoms with Crippen molar-refractivity contribution in [2.24, 2.45) is 0 Å². The Balaban J connectivity index is 1.82. The van der Waals surface area contributed by atoms with Crippen molar-refractivity contribution in [3.05, 3.63) is 0 Å². The maximum Gasteiger partial charge on any atom is 0.264 e. The summed E-state index contributed by atoms with van der Waals surface area (Å²) >= 11 is 0. The number of ether oxygens (including phenoxy) is 1. The lowest BCUT2D eigenvalue weighted by Crippen LogP contribution is -2.53. The van der Waals surface area contributed by atoms with E-state index in [2.05, 4.69) is 24.1 Å². The van der Waals surface area contributed by atoms with Crippen LogP contribution in [-0.2, 0) is 4.74 Å². The number of alkyl halides is 2. The van der Waals surface area contributed by atoms with Gasteiger partial charge in [-0.2, -0.15) is 0 Å². The first kappa shape index (κ1) is 13.2. The minimum atomic E-state index is -2.53. The molecular weight excluding hydrogens is 226 g/mol. The molecule has 2 fully saturated rings. The molecule has 100 valence electrons. The Kier molecular flexibility index (Phi) is 4.00. The molecule has 0 aliphatic carbocycles. The van der Waals surface area contributed by atoms with Crippen molar-refractivity contribution >= 4 is 0 Å². The standard InChI is InChI=1S/C12H22F2N2O/c1-9(2)16(10-7-17-8-10)6-3-11-12(13,14)4-5-15-11/h9-11,15H,3-8H2,1-2H3. The summed E-state index contributed by atoms with van der Waals surface area (Å²) in [5, 5.41) is 2.91. The molecule has 17 heavy (non-hydrogen) atoms. The molecule has 2 aliphatic heterocycles. The first-order valence-corrected chi connectivity index (χ1v) is 6.45. The fourth-order valence-corrected chi connectivity index (χ4v) is 2.61. The van der Waals surface area contributed by atoms with Crippen molar-refractivity contribution in [1.29, 1.82) is 0 Å². The lowest BCUT2D eigenvalue weighted by Gasteiger charge is -2.40. The Morgan fingerprint density at radius 1 is 1.41 bits per heavy atom. The van der Waals surface area contributed by atoms with Crippen LogP contribution < -0.4 is 5.32 Å². The minimum absolute atomic E-state index is 0.0219. The van der Waals surface area contributed by atoms with Gasteiger partial charge < -0.3 is 10.1 Å². The van der Waals surface area contributed by atoms with E-state index < -0.39 is 12.0 Å². The van der Waals surface area contributed by atoms with Crippen LogP contribution in [-0.4, -0.2) is 55.3 Å². The zero-order chi connectivity index (χ0) is 12.5. The molecule has 1 N–H and O–H groups in total. The van der Waals surface area contributed by atoms with E-state index in [-0.39, 0.29) is 6.42 Å². The highest BCUT2D eigenvalue weighted by Gasteiger charge is 2.43. The van der Waals surface area contributed by atoms with Gasteiger partial charge in [-0.15, -0.1) is 0 Å². The van der Waals surface area contributed by atoms with Crippen molar-refractivity contribution in [2.45, 2.75) is 50.7 Å². The maximum absolute atomic E-state index is 13.5. The van der Waals surface area contributed by atoms with Gasteiger partial charge in [-0.05, 0) is 20.3 Å². The number of nitrogens with zero attached hydrogens (tertiary/aromatic N) is 1. The van der Waals surface area contributed by atoms with Gasteiger partial charge in [0.05, 0.1) is 25.3 Å². The fraction of sp³-hybridized carbons (Fsp3) is 1.00. The molecule has 0 amide bonds. The summed E-state index contributed by atoms with van der Waals surface area (Å²) in [5.41, 5.74) is 0. The Bertz CT molecular complexity index is 257. The molecule has 2 aliphatic rings. The number of rotatable bonds is 5. The van der Waals surface area contributed by atoms with Gasteiger partial charge in [0, 0.05) is 25.6 Å². The Labute approximate surface area is 101 Å². The average molecular weight is 248 g/mol. The molecule has 0 aromatic heterocycles. The molecule has 0 aromatic carbocycles. The third-order valence-electron chi connectivity index (χ3n) is 3.79. The van der Waals surface area contributed by atoms with Gasteiger partial charge >= 0.3 is 0 Å². The average Bonchev–Trinajstić information content (AvgIpc) is 2.48. The molecule has 0 spiro atoms. The van der Waals surface area contributed by atoms with E-state index in [1.54, 1.807) is 0 Å². The molecule has 0 saturated carbocycles. The van der Waals surface area contributed by atoms with Crippen LogP contribution in [0.1, 0.15) is 26.7 Å². The molecule has 5 heteroatoms. The van der Waals surface area contributed by atoms with Crippen LogP contribution in [0.25, 0.3) is 0 Å². The number of hydrogen-bond acceptors (Lipinski definition) is 3. The van der Waals surface area contributed by atoms with E-state index in [4.69, 9.17) is 4.74 Å². The summed E-state index contributed by atoms with van der Waals surface area (Å²) in [6, 6.07) is 0.161. The van der Waals surface area contributed by atoms with E-state index in [9.17, 15) is 8.78 Å². The van der Waals surface area contributed by atoms with E-state index in [1.165, 1.54) is 0 Å². The Hall–Kier alpha value is -0.260. The molecule has 2 saturated heterocycles. The van der Waals surface area contributed by atoms with Gasteiger partial charge in [-0.25, -0.2) is 8.78 Å². The highest BCUT2D eigenvalue weighted by molar-refractivity contribution is 4.92. The van der Waals surface area contributed by atoms with Crippen LogP contribution in [0, 0.1) is 0 Å². The summed E-state index contributed by atoms with van der Waals surface area (Å²) in [7, 11) is 0. The predicted octanol–water partition coefficient (Wildman–Crippen LogP) is 1.48. The van der Waals surface area contributed by atoms with Gasteiger partial charge in [-0.1, -0.05) is 0 Å². The summed E-state index contributed by atoms with van der Waals surface area (Å²) < 4.78 is 32.1. The summed E-state index contributed by atoms with van der Waals surface area (Å²) in [5.74, 6) is -2.53. The third-order valence-corrected chi connectivity index (χ3v) is 3.79. The number of halogens is 2. The molecule has 3 nitrogen and oxygen atoms in total. The van der Waals surface area contributed by atoms with Crippen molar-refractivity contribution in [3.8, 4) is 0 Å². The molecule has 2 rings (SSSR count). The summed E-state index contributed by atoms with van der Waals surface area (Å²) in [6.45, 7) is 6.86. The second-order valence-electron chi connectivity index (χ2n) is 5.33. The number of nitrogens with one attached hydrogen (secondary N) is 1. The number of hydrogen-bond donors (Lipinski definition) is 1. The van der Waals surface area contributed by atoms with Crippen LogP contribution in [0.15, 0.2) is 0 Å². The highest BCUT2D eigenvalue weighted by Crippen LogP contribution is 2.30. The first-order chi connectivity index (χ1) is 8.00. The topological polar surface area (TPSA) is 24.5 Å². The normalized spacial score (nSPS) is 28.9. The summed E-state index contributed by atoms with van der Waals surface area (Å²) in [4.78, 5) is 2.28. The third kappa shape index (κ3) is 2.95. The second-order valence-corrected chi connectivity index (χ2v) is 5.33. The highest BCUT2D eigenvalue weighted by atomic mass is 19.3.